The number of rotatable bonds is 2. The lowest BCUT2D eigenvalue weighted by molar-refractivity contribution is 0.102. The first-order valence-electron chi connectivity index (χ1n) is 5.60. The molecule has 1 N–H and O–H groups in total. The maximum absolute atomic E-state index is 11.9. The van der Waals surface area contributed by atoms with Gasteiger partial charge in [-0.05, 0) is 6.92 Å². The van der Waals surface area contributed by atoms with Crippen molar-refractivity contribution in [3.05, 3.63) is 48.6 Å². The maximum Gasteiger partial charge on any atom is 0.259 e. The van der Waals surface area contributed by atoms with E-state index >= 15 is 0 Å². The first-order chi connectivity index (χ1) is 9.22. The van der Waals surface area contributed by atoms with Crippen molar-refractivity contribution < 1.29 is 4.79 Å². The zero-order valence-corrected chi connectivity index (χ0v) is 10.1. The molecule has 0 atom stereocenters. The Morgan fingerprint density at radius 3 is 2.79 bits per heavy atom. The summed E-state index contributed by atoms with van der Waals surface area (Å²) in [6, 6.07) is 0. The summed E-state index contributed by atoms with van der Waals surface area (Å²) < 4.78 is 1.80. The minimum Gasteiger partial charge on any atom is -0.305 e. The molecule has 0 bridgehead atoms. The van der Waals surface area contributed by atoms with Gasteiger partial charge in [0.1, 0.15) is 12.1 Å². The number of imidazole rings is 1. The first kappa shape index (κ1) is 11.3. The van der Waals surface area contributed by atoms with Gasteiger partial charge in [-0.2, -0.15) is 0 Å². The van der Waals surface area contributed by atoms with Gasteiger partial charge in [0.25, 0.3) is 5.91 Å². The van der Waals surface area contributed by atoms with E-state index in [-0.39, 0.29) is 5.91 Å². The lowest BCUT2D eigenvalue weighted by atomic mass is 10.3. The Balaban J connectivity index is 1.87. The number of nitrogens with zero attached hydrogens (tertiary/aromatic N) is 5. The number of carbonyl (C=O) groups excluding carboxylic acids is 1. The van der Waals surface area contributed by atoms with E-state index in [0.29, 0.717) is 11.4 Å². The van der Waals surface area contributed by atoms with E-state index in [1.165, 1.54) is 18.7 Å². The Morgan fingerprint density at radius 2 is 2.00 bits per heavy atom. The highest BCUT2D eigenvalue weighted by atomic mass is 16.1. The van der Waals surface area contributed by atoms with Crippen molar-refractivity contribution in [3.8, 4) is 0 Å². The summed E-state index contributed by atoms with van der Waals surface area (Å²) in [5.41, 5.74) is 2.01. The van der Waals surface area contributed by atoms with Gasteiger partial charge in [0.15, 0.2) is 5.65 Å². The summed E-state index contributed by atoms with van der Waals surface area (Å²) in [7, 11) is 0. The molecule has 7 heteroatoms. The summed E-state index contributed by atoms with van der Waals surface area (Å²) in [6.07, 6.45) is 9.43. The number of nitrogens with one attached hydrogen (secondary N) is 1. The van der Waals surface area contributed by atoms with Crippen LogP contribution in [0.5, 0.6) is 0 Å². The average Bonchev–Trinajstić information content (AvgIpc) is 2.79. The fourth-order valence-electron chi connectivity index (χ4n) is 1.70. The number of aryl methyl sites for hydroxylation is 1. The van der Waals surface area contributed by atoms with Gasteiger partial charge in [-0.15, -0.1) is 0 Å². The lowest BCUT2D eigenvalue weighted by Gasteiger charge is -2.03. The van der Waals surface area contributed by atoms with E-state index in [0.717, 1.165) is 11.3 Å². The molecule has 0 radical (unpaired) electrons. The molecule has 7 nitrogen and oxygen atoms in total. The number of anilines is 1. The van der Waals surface area contributed by atoms with Gasteiger partial charge in [0, 0.05) is 18.6 Å². The van der Waals surface area contributed by atoms with Gasteiger partial charge in [0.05, 0.1) is 23.7 Å². The van der Waals surface area contributed by atoms with Crippen molar-refractivity contribution in [1.29, 1.82) is 0 Å². The van der Waals surface area contributed by atoms with Gasteiger partial charge >= 0.3 is 0 Å². The minimum atomic E-state index is -0.302. The number of amides is 1. The monoisotopic (exact) mass is 254 g/mol. The molecule has 0 fully saturated rings. The minimum absolute atomic E-state index is 0.302. The molecule has 0 unspecified atom stereocenters. The van der Waals surface area contributed by atoms with E-state index in [1.54, 1.807) is 16.8 Å². The van der Waals surface area contributed by atoms with E-state index in [1.807, 2.05) is 13.1 Å². The zero-order valence-electron chi connectivity index (χ0n) is 10.1. The van der Waals surface area contributed by atoms with Gasteiger partial charge in [-0.25, -0.2) is 19.9 Å². The molecule has 0 aliphatic heterocycles. The van der Waals surface area contributed by atoms with Crippen molar-refractivity contribution in [3.63, 3.8) is 0 Å². The van der Waals surface area contributed by atoms with Gasteiger partial charge in [-0.1, -0.05) is 0 Å². The third-order valence-corrected chi connectivity index (χ3v) is 2.53. The quantitative estimate of drug-likeness (QED) is 0.739. The third kappa shape index (κ3) is 2.25. The predicted molar refractivity (Wildman–Crippen MR) is 67.7 cm³/mol. The molecule has 3 rings (SSSR count). The second-order valence-corrected chi connectivity index (χ2v) is 4.00. The van der Waals surface area contributed by atoms with Crippen LogP contribution in [0, 0.1) is 6.92 Å². The fraction of sp³-hybridized carbons (Fsp3) is 0.0833. The third-order valence-electron chi connectivity index (χ3n) is 2.53. The zero-order chi connectivity index (χ0) is 13.2. The first-order valence-corrected chi connectivity index (χ1v) is 5.60. The molecule has 0 aromatic carbocycles. The molecule has 0 saturated carbocycles. The molecule has 1 amide bonds. The molecule has 3 aromatic heterocycles. The molecule has 94 valence electrons. The van der Waals surface area contributed by atoms with E-state index < -0.39 is 0 Å². The Bertz CT molecular complexity index is 736. The summed E-state index contributed by atoms with van der Waals surface area (Å²) in [4.78, 5) is 27.9. The van der Waals surface area contributed by atoms with Crippen LogP contribution in [-0.2, 0) is 0 Å². The molecule has 0 spiro atoms. The SMILES string of the molecule is Cc1cn2cc(NC(=O)c3cncnc3)ncc2n1. The Labute approximate surface area is 108 Å². The highest BCUT2D eigenvalue weighted by Gasteiger charge is 2.08. The Hall–Kier alpha value is -2.83. The second-order valence-electron chi connectivity index (χ2n) is 4.00. The molecule has 0 saturated heterocycles. The predicted octanol–water partition coefficient (Wildman–Crippen LogP) is 1.08. The summed E-state index contributed by atoms with van der Waals surface area (Å²) in [6.45, 7) is 1.90. The molecule has 0 aliphatic rings. The number of carbonyl (C=O) groups is 1. The van der Waals surface area contributed by atoms with Crippen molar-refractivity contribution in [2.24, 2.45) is 0 Å². The van der Waals surface area contributed by atoms with Crippen molar-refractivity contribution in [1.82, 2.24) is 24.3 Å². The number of fused-ring (bicyclic) bond motifs is 1. The largest absolute Gasteiger partial charge is 0.305 e. The molecule has 0 aliphatic carbocycles. The van der Waals surface area contributed by atoms with E-state index in [2.05, 4.69) is 25.3 Å². The summed E-state index contributed by atoms with van der Waals surface area (Å²) in [5, 5.41) is 2.68. The Kier molecular flexibility index (Phi) is 2.64. The normalized spacial score (nSPS) is 10.6. The van der Waals surface area contributed by atoms with E-state index in [4.69, 9.17) is 0 Å². The highest BCUT2D eigenvalue weighted by molar-refractivity contribution is 6.03. The highest BCUT2D eigenvalue weighted by Crippen LogP contribution is 2.09. The topological polar surface area (TPSA) is 85.1 Å². The number of aromatic nitrogens is 5. The van der Waals surface area contributed by atoms with Crippen molar-refractivity contribution in [2.75, 3.05) is 5.32 Å². The summed E-state index contributed by atoms with van der Waals surface area (Å²) in [5.74, 6) is 0.142. The van der Waals surface area contributed by atoms with Crippen LogP contribution in [0.15, 0.2) is 37.3 Å². The molecule has 3 aromatic rings. The van der Waals surface area contributed by atoms with Crippen molar-refractivity contribution >= 4 is 17.4 Å². The van der Waals surface area contributed by atoms with Crippen LogP contribution in [0.3, 0.4) is 0 Å². The smallest absolute Gasteiger partial charge is 0.259 e. The summed E-state index contributed by atoms with van der Waals surface area (Å²) >= 11 is 0. The molecular formula is C12H10N6O. The molecule has 19 heavy (non-hydrogen) atoms. The van der Waals surface area contributed by atoms with Crippen LogP contribution in [0.2, 0.25) is 0 Å². The average molecular weight is 254 g/mol. The molecular weight excluding hydrogens is 244 g/mol. The molecule has 3 heterocycles. The second kappa shape index (κ2) is 4.45. The van der Waals surface area contributed by atoms with Crippen LogP contribution < -0.4 is 5.32 Å². The maximum atomic E-state index is 11.9. The number of hydrogen-bond donors (Lipinski definition) is 1. The Morgan fingerprint density at radius 1 is 1.21 bits per heavy atom. The van der Waals surface area contributed by atoms with Gasteiger partial charge in [0.2, 0.25) is 0 Å². The van der Waals surface area contributed by atoms with Crippen LogP contribution in [-0.4, -0.2) is 30.2 Å². The van der Waals surface area contributed by atoms with Crippen LogP contribution in [0.1, 0.15) is 16.1 Å². The van der Waals surface area contributed by atoms with Crippen LogP contribution in [0.25, 0.3) is 5.65 Å². The number of hydrogen-bond acceptors (Lipinski definition) is 5. The van der Waals surface area contributed by atoms with Gasteiger partial charge in [-0.3, -0.25) is 4.79 Å². The van der Waals surface area contributed by atoms with Crippen LogP contribution in [0.4, 0.5) is 5.82 Å². The van der Waals surface area contributed by atoms with Crippen molar-refractivity contribution in [2.45, 2.75) is 6.92 Å². The standard InChI is InChI=1S/C12H10N6O/c1-8-5-18-6-10(15-4-11(18)16-8)17-12(19)9-2-13-7-14-3-9/h2-7H,1H3,(H,17,19). The van der Waals surface area contributed by atoms with Gasteiger partial charge < -0.3 is 9.72 Å². The van der Waals surface area contributed by atoms with E-state index in [9.17, 15) is 4.79 Å². The lowest BCUT2D eigenvalue weighted by Crippen LogP contribution is -2.13. The fourth-order valence-corrected chi connectivity index (χ4v) is 1.70. The van der Waals surface area contributed by atoms with Crippen LogP contribution >= 0.6 is 0 Å².